The fourth-order valence-electron chi connectivity index (χ4n) is 4.10. The Hall–Kier alpha value is -4.25. The number of methoxy groups -OCH3 is 3. The molecule has 0 aliphatic carbocycles. The van der Waals surface area contributed by atoms with E-state index in [1.807, 2.05) is 6.92 Å². The Labute approximate surface area is 235 Å². The van der Waals surface area contributed by atoms with Crippen LogP contribution in [-0.4, -0.2) is 66.1 Å². The molecular formula is C29H35N3O7S. The summed E-state index contributed by atoms with van der Waals surface area (Å²) in [5, 5.41) is 2.56. The molecule has 0 saturated carbocycles. The Balaban J connectivity index is 2.07. The first-order chi connectivity index (χ1) is 19.0. The van der Waals surface area contributed by atoms with Gasteiger partial charge in [0, 0.05) is 19.7 Å². The van der Waals surface area contributed by atoms with Crippen LogP contribution in [0.5, 0.6) is 17.2 Å². The average Bonchev–Trinajstić information content (AvgIpc) is 2.97. The fraction of sp³-hybridized carbons (Fsp3) is 0.310. The Morgan fingerprint density at radius 2 is 1.57 bits per heavy atom. The predicted octanol–water partition coefficient (Wildman–Crippen LogP) is 3.38. The molecule has 0 saturated heterocycles. The lowest BCUT2D eigenvalue weighted by molar-refractivity contribution is -0.139. The molecule has 3 rings (SSSR count). The van der Waals surface area contributed by atoms with E-state index in [4.69, 9.17) is 14.2 Å². The molecule has 40 heavy (non-hydrogen) atoms. The second kappa shape index (κ2) is 13.2. The quantitative estimate of drug-likeness (QED) is 0.356. The average molecular weight is 570 g/mol. The number of hydrogen-bond donors (Lipinski definition) is 1. The van der Waals surface area contributed by atoms with Crippen molar-refractivity contribution in [2.75, 3.05) is 39.2 Å². The van der Waals surface area contributed by atoms with E-state index < -0.39 is 28.5 Å². The molecule has 0 spiro atoms. The maximum atomic E-state index is 14.0. The van der Waals surface area contributed by atoms with Crippen LogP contribution in [0.3, 0.4) is 0 Å². The van der Waals surface area contributed by atoms with Crippen molar-refractivity contribution in [2.24, 2.45) is 0 Å². The minimum Gasteiger partial charge on any atom is -0.497 e. The summed E-state index contributed by atoms with van der Waals surface area (Å²) in [7, 11) is 1.62. The highest BCUT2D eigenvalue weighted by Crippen LogP contribution is 2.32. The zero-order chi connectivity index (χ0) is 29.4. The summed E-state index contributed by atoms with van der Waals surface area (Å²) in [6, 6.07) is 17.3. The largest absolute Gasteiger partial charge is 0.497 e. The zero-order valence-corrected chi connectivity index (χ0v) is 24.3. The maximum absolute atomic E-state index is 14.0. The van der Waals surface area contributed by atoms with E-state index in [1.54, 1.807) is 55.5 Å². The van der Waals surface area contributed by atoms with Crippen LogP contribution in [-0.2, 0) is 26.2 Å². The number of amides is 2. The van der Waals surface area contributed by atoms with Gasteiger partial charge in [0.1, 0.15) is 18.3 Å². The van der Waals surface area contributed by atoms with E-state index in [2.05, 4.69) is 5.32 Å². The van der Waals surface area contributed by atoms with Crippen LogP contribution in [0.4, 0.5) is 5.69 Å². The minimum absolute atomic E-state index is 0.0583. The number of carbonyl (C=O) groups excluding carboxylic acids is 2. The molecule has 0 aliphatic rings. The number of sulfonamides is 1. The summed E-state index contributed by atoms with van der Waals surface area (Å²) in [5.74, 6) is 0.231. The van der Waals surface area contributed by atoms with Gasteiger partial charge in [-0.15, -0.1) is 0 Å². The number of nitrogens with one attached hydrogen (secondary N) is 1. The predicted molar refractivity (Wildman–Crippen MR) is 152 cm³/mol. The van der Waals surface area contributed by atoms with Crippen LogP contribution < -0.4 is 23.8 Å². The molecule has 0 aromatic heterocycles. The summed E-state index contributed by atoms with van der Waals surface area (Å²) in [6.45, 7) is 2.98. The normalized spacial score (nSPS) is 11.8. The molecule has 11 heteroatoms. The molecule has 0 heterocycles. The van der Waals surface area contributed by atoms with Crippen molar-refractivity contribution in [3.63, 3.8) is 0 Å². The van der Waals surface area contributed by atoms with Gasteiger partial charge in [-0.05, 0) is 55.8 Å². The number of likely N-dealkylation sites (N-methyl/N-ethyl adjacent to an activating group) is 1. The van der Waals surface area contributed by atoms with Crippen molar-refractivity contribution < 1.29 is 32.2 Å². The lowest BCUT2D eigenvalue weighted by atomic mass is 10.1. The van der Waals surface area contributed by atoms with Gasteiger partial charge in [0.15, 0.2) is 11.5 Å². The second-order valence-corrected chi connectivity index (χ2v) is 10.9. The monoisotopic (exact) mass is 569 g/mol. The standard InChI is InChI=1S/C29H35N3O7S/c1-20-10-12-23(13-11-20)32(40(35,36)25-14-15-26(38-5)27(17-25)39-6)19-28(33)31(21(2)29(34)30-3)18-22-8-7-9-24(16-22)37-4/h7-17,21H,18-19H2,1-6H3,(H,30,34)/t21-/m0/s1. The van der Waals surface area contributed by atoms with Gasteiger partial charge in [-0.1, -0.05) is 29.8 Å². The minimum atomic E-state index is -4.26. The van der Waals surface area contributed by atoms with E-state index in [1.165, 1.54) is 51.5 Å². The number of nitrogens with zero attached hydrogens (tertiary/aromatic N) is 2. The molecule has 1 N–H and O–H groups in total. The molecular weight excluding hydrogens is 534 g/mol. The number of aryl methyl sites for hydroxylation is 1. The van der Waals surface area contributed by atoms with Crippen LogP contribution in [0.15, 0.2) is 71.6 Å². The Morgan fingerprint density at radius 3 is 2.17 bits per heavy atom. The van der Waals surface area contributed by atoms with E-state index in [9.17, 15) is 18.0 Å². The van der Waals surface area contributed by atoms with Crippen LogP contribution in [0.1, 0.15) is 18.1 Å². The third-order valence-electron chi connectivity index (χ3n) is 6.44. The molecule has 10 nitrogen and oxygen atoms in total. The molecule has 214 valence electrons. The number of rotatable bonds is 12. The molecule has 0 unspecified atom stereocenters. The van der Waals surface area contributed by atoms with Gasteiger partial charge < -0.3 is 24.4 Å². The summed E-state index contributed by atoms with van der Waals surface area (Å²) in [6.07, 6.45) is 0. The van der Waals surface area contributed by atoms with Gasteiger partial charge in [0.2, 0.25) is 11.8 Å². The van der Waals surface area contributed by atoms with Crippen molar-refractivity contribution in [1.29, 1.82) is 0 Å². The highest BCUT2D eigenvalue weighted by molar-refractivity contribution is 7.92. The second-order valence-electron chi connectivity index (χ2n) is 9.03. The first-order valence-electron chi connectivity index (χ1n) is 12.5. The molecule has 1 atom stereocenters. The van der Waals surface area contributed by atoms with Gasteiger partial charge in [0.05, 0.1) is 31.9 Å². The number of carbonyl (C=O) groups is 2. The molecule has 2 amide bonds. The number of ether oxygens (including phenoxy) is 3. The molecule has 3 aromatic carbocycles. The first-order valence-corrected chi connectivity index (χ1v) is 13.9. The molecule has 3 aromatic rings. The van der Waals surface area contributed by atoms with Crippen molar-refractivity contribution in [2.45, 2.75) is 31.3 Å². The summed E-state index contributed by atoms with van der Waals surface area (Å²) < 4.78 is 44.9. The summed E-state index contributed by atoms with van der Waals surface area (Å²) in [5.41, 5.74) is 1.93. The Kier molecular flexibility index (Phi) is 10.0. The molecule has 0 fully saturated rings. The van der Waals surface area contributed by atoms with Crippen molar-refractivity contribution in [3.8, 4) is 17.2 Å². The summed E-state index contributed by atoms with van der Waals surface area (Å²) >= 11 is 0. The van der Waals surface area contributed by atoms with Gasteiger partial charge in [0.25, 0.3) is 10.0 Å². The van der Waals surface area contributed by atoms with Gasteiger partial charge in [-0.25, -0.2) is 8.42 Å². The fourth-order valence-corrected chi connectivity index (χ4v) is 5.53. The van der Waals surface area contributed by atoms with E-state index in [-0.39, 0.29) is 23.1 Å². The molecule has 0 bridgehead atoms. The van der Waals surface area contributed by atoms with E-state index in [0.29, 0.717) is 22.7 Å². The van der Waals surface area contributed by atoms with Crippen molar-refractivity contribution in [3.05, 3.63) is 77.9 Å². The van der Waals surface area contributed by atoms with Crippen molar-refractivity contribution >= 4 is 27.5 Å². The number of hydrogen-bond acceptors (Lipinski definition) is 7. The van der Waals surface area contributed by atoms with Crippen molar-refractivity contribution in [1.82, 2.24) is 10.2 Å². The molecule has 0 aliphatic heterocycles. The lowest BCUT2D eigenvalue weighted by Gasteiger charge is -2.32. The highest BCUT2D eigenvalue weighted by atomic mass is 32.2. The van der Waals surface area contributed by atoms with E-state index in [0.717, 1.165) is 9.87 Å². The maximum Gasteiger partial charge on any atom is 0.264 e. The first kappa shape index (κ1) is 30.3. The van der Waals surface area contributed by atoms with Crippen LogP contribution in [0.25, 0.3) is 0 Å². The summed E-state index contributed by atoms with van der Waals surface area (Å²) in [4.78, 5) is 27.8. The SMILES string of the molecule is CNC(=O)[C@H](C)N(Cc1cccc(OC)c1)C(=O)CN(c1ccc(C)cc1)S(=O)(=O)c1ccc(OC)c(OC)c1. The number of anilines is 1. The highest BCUT2D eigenvalue weighted by Gasteiger charge is 2.33. The lowest BCUT2D eigenvalue weighted by Crippen LogP contribution is -2.50. The Morgan fingerprint density at radius 1 is 0.900 bits per heavy atom. The van der Waals surface area contributed by atoms with E-state index >= 15 is 0 Å². The van der Waals surface area contributed by atoms with Gasteiger partial charge >= 0.3 is 0 Å². The van der Waals surface area contributed by atoms with Gasteiger partial charge in [-0.2, -0.15) is 0 Å². The third-order valence-corrected chi connectivity index (χ3v) is 8.21. The van der Waals surface area contributed by atoms with Crippen LogP contribution >= 0.6 is 0 Å². The smallest absolute Gasteiger partial charge is 0.264 e. The zero-order valence-electron chi connectivity index (χ0n) is 23.5. The topological polar surface area (TPSA) is 114 Å². The van der Waals surface area contributed by atoms with Crippen LogP contribution in [0, 0.1) is 6.92 Å². The van der Waals surface area contributed by atoms with Crippen LogP contribution in [0.2, 0.25) is 0 Å². The third kappa shape index (κ3) is 6.84. The Bertz CT molecular complexity index is 1440. The molecule has 0 radical (unpaired) electrons. The number of benzene rings is 3. The van der Waals surface area contributed by atoms with Gasteiger partial charge in [-0.3, -0.25) is 13.9 Å².